The number of ether oxygens (including phenoxy) is 1. The van der Waals surface area contributed by atoms with Crippen LogP contribution in [-0.2, 0) is 7.05 Å². The number of hydrogen-bond donors (Lipinski definition) is 2. The second-order valence-corrected chi connectivity index (χ2v) is 7.74. The second kappa shape index (κ2) is 7.79. The third kappa shape index (κ3) is 4.89. The third-order valence-electron chi connectivity index (χ3n) is 4.39. The fourth-order valence-electron chi connectivity index (χ4n) is 3.22. The maximum Gasteiger partial charge on any atom is 0.293 e. The van der Waals surface area contributed by atoms with Crippen LogP contribution in [0.3, 0.4) is 0 Å². The standard InChI is InChI=1S/C21H23F2N3O3/c1-12(10-21(2,3)28)25-19-9-16-13(11-24-19)7-18(20(27)26(16)4)29-17-6-5-14(22)8-15(17)23/h5-9,11-12,28H,10H2,1-4H3,(H,24,25)/t12-/m0/s1. The van der Waals surface area contributed by atoms with Crippen LogP contribution in [0.2, 0.25) is 0 Å². The topological polar surface area (TPSA) is 76.4 Å². The van der Waals surface area contributed by atoms with Crippen LogP contribution in [0.1, 0.15) is 27.2 Å². The average Bonchev–Trinajstić information content (AvgIpc) is 2.60. The third-order valence-corrected chi connectivity index (χ3v) is 4.39. The van der Waals surface area contributed by atoms with Crippen LogP contribution in [0.25, 0.3) is 10.9 Å². The quantitative estimate of drug-likeness (QED) is 0.651. The monoisotopic (exact) mass is 403 g/mol. The van der Waals surface area contributed by atoms with E-state index in [2.05, 4.69) is 10.3 Å². The minimum absolute atomic E-state index is 0.0407. The number of benzene rings is 1. The fraction of sp³-hybridized carbons (Fsp3) is 0.333. The molecule has 2 N–H and O–H groups in total. The summed E-state index contributed by atoms with van der Waals surface area (Å²) in [5.74, 6) is -1.41. The molecule has 3 aromatic rings. The Bertz CT molecular complexity index is 1110. The Morgan fingerprint density at radius 1 is 1.24 bits per heavy atom. The number of aromatic nitrogens is 2. The molecular formula is C21H23F2N3O3. The van der Waals surface area contributed by atoms with E-state index in [1.54, 1.807) is 33.2 Å². The van der Waals surface area contributed by atoms with Crippen LogP contribution in [0.15, 0.2) is 41.3 Å². The van der Waals surface area contributed by atoms with Crippen LogP contribution in [0.5, 0.6) is 11.5 Å². The summed E-state index contributed by atoms with van der Waals surface area (Å²) in [7, 11) is 1.57. The molecule has 0 saturated heterocycles. The molecule has 0 unspecified atom stereocenters. The maximum atomic E-state index is 13.9. The SMILES string of the molecule is C[C@@H](CC(C)(C)O)Nc1cc2c(cn1)cc(Oc1ccc(F)cc1F)c(=O)n2C. The molecule has 0 fully saturated rings. The van der Waals surface area contributed by atoms with Gasteiger partial charge in [0.2, 0.25) is 0 Å². The molecule has 2 heterocycles. The molecular weight excluding hydrogens is 380 g/mol. The molecule has 0 saturated carbocycles. The Morgan fingerprint density at radius 3 is 2.62 bits per heavy atom. The zero-order valence-corrected chi connectivity index (χ0v) is 16.7. The van der Waals surface area contributed by atoms with Gasteiger partial charge in [-0.2, -0.15) is 0 Å². The average molecular weight is 403 g/mol. The van der Waals surface area contributed by atoms with E-state index in [9.17, 15) is 18.7 Å². The summed E-state index contributed by atoms with van der Waals surface area (Å²) in [6, 6.07) is 6.02. The van der Waals surface area contributed by atoms with E-state index < -0.39 is 22.8 Å². The molecule has 0 aliphatic carbocycles. The Kier molecular flexibility index (Phi) is 5.57. The highest BCUT2D eigenvalue weighted by molar-refractivity contribution is 5.82. The number of halogens is 2. The minimum atomic E-state index is -0.898. The summed E-state index contributed by atoms with van der Waals surface area (Å²) < 4.78 is 33.7. The number of aryl methyl sites for hydroxylation is 1. The maximum absolute atomic E-state index is 13.9. The highest BCUT2D eigenvalue weighted by Gasteiger charge is 2.18. The van der Waals surface area contributed by atoms with E-state index in [4.69, 9.17) is 4.74 Å². The molecule has 1 atom stereocenters. The van der Waals surface area contributed by atoms with Gasteiger partial charge in [0, 0.05) is 36.8 Å². The summed E-state index contributed by atoms with van der Waals surface area (Å²) >= 11 is 0. The Morgan fingerprint density at radius 2 is 1.97 bits per heavy atom. The lowest BCUT2D eigenvalue weighted by atomic mass is 10.0. The van der Waals surface area contributed by atoms with Gasteiger partial charge in [-0.3, -0.25) is 4.79 Å². The van der Waals surface area contributed by atoms with E-state index in [0.717, 1.165) is 12.1 Å². The lowest BCUT2D eigenvalue weighted by molar-refractivity contribution is 0.0673. The van der Waals surface area contributed by atoms with Crippen LogP contribution in [0, 0.1) is 11.6 Å². The second-order valence-electron chi connectivity index (χ2n) is 7.74. The largest absolute Gasteiger partial charge is 0.448 e. The molecule has 0 spiro atoms. The van der Waals surface area contributed by atoms with Gasteiger partial charge in [-0.05, 0) is 45.4 Å². The number of nitrogens with zero attached hydrogens (tertiary/aromatic N) is 2. The molecule has 6 nitrogen and oxygen atoms in total. The van der Waals surface area contributed by atoms with Gasteiger partial charge in [0.05, 0.1) is 11.1 Å². The van der Waals surface area contributed by atoms with Crippen molar-refractivity contribution in [2.75, 3.05) is 5.32 Å². The molecule has 29 heavy (non-hydrogen) atoms. The van der Waals surface area contributed by atoms with Crippen molar-refractivity contribution in [1.82, 2.24) is 9.55 Å². The van der Waals surface area contributed by atoms with Crippen LogP contribution in [0.4, 0.5) is 14.6 Å². The normalized spacial score (nSPS) is 12.8. The molecule has 0 radical (unpaired) electrons. The van der Waals surface area contributed by atoms with Crippen LogP contribution < -0.4 is 15.6 Å². The highest BCUT2D eigenvalue weighted by Crippen LogP contribution is 2.26. The van der Waals surface area contributed by atoms with Crippen molar-refractivity contribution >= 4 is 16.7 Å². The highest BCUT2D eigenvalue weighted by atomic mass is 19.1. The van der Waals surface area contributed by atoms with Crippen molar-refractivity contribution in [2.24, 2.45) is 7.05 Å². The molecule has 0 amide bonds. The first-order chi connectivity index (χ1) is 13.5. The van der Waals surface area contributed by atoms with Gasteiger partial charge in [0.1, 0.15) is 11.6 Å². The van der Waals surface area contributed by atoms with Crippen molar-refractivity contribution < 1.29 is 18.6 Å². The van der Waals surface area contributed by atoms with Gasteiger partial charge >= 0.3 is 0 Å². The Labute approximate surface area is 166 Å². The zero-order valence-electron chi connectivity index (χ0n) is 16.7. The number of rotatable bonds is 6. The summed E-state index contributed by atoms with van der Waals surface area (Å²) in [5, 5.41) is 13.8. The van der Waals surface area contributed by atoms with E-state index in [0.29, 0.717) is 29.2 Å². The van der Waals surface area contributed by atoms with Gasteiger partial charge < -0.3 is 19.7 Å². The van der Waals surface area contributed by atoms with E-state index >= 15 is 0 Å². The first-order valence-electron chi connectivity index (χ1n) is 9.15. The molecule has 0 aliphatic heterocycles. The lowest BCUT2D eigenvalue weighted by Crippen LogP contribution is -2.29. The van der Waals surface area contributed by atoms with E-state index in [1.165, 1.54) is 10.6 Å². The Hall–Kier alpha value is -3.00. The fourth-order valence-corrected chi connectivity index (χ4v) is 3.22. The molecule has 0 bridgehead atoms. The van der Waals surface area contributed by atoms with Gasteiger partial charge in [-0.1, -0.05) is 0 Å². The molecule has 0 aliphatic rings. The zero-order chi connectivity index (χ0) is 21.3. The van der Waals surface area contributed by atoms with Gasteiger partial charge in [0.25, 0.3) is 5.56 Å². The molecule has 8 heteroatoms. The predicted molar refractivity (Wildman–Crippen MR) is 107 cm³/mol. The number of aliphatic hydroxyl groups is 1. The van der Waals surface area contributed by atoms with Crippen molar-refractivity contribution in [2.45, 2.75) is 38.8 Å². The number of nitrogens with one attached hydrogen (secondary N) is 1. The van der Waals surface area contributed by atoms with Gasteiger partial charge in [-0.15, -0.1) is 0 Å². The molecule has 154 valence electrons. The van der Waals surface area contributed by atoms with Crippen molar-refractivity contribution in [1.29, 1.82) is 0 Å². The summed E-state index contributed by atoms with van der Waals surface area (Å²) in [4.78, 5) is 17.0. The van der Waals surface area contributed by atoms with Gasteiger partial charge in [0.15, 0.2) is 17.3 Å². The first kappa shape index (κ1) is 20.7. The van der Waals surface area contributed by atoms with Crippen molar-refractivity contribution in [3.8, 4) is 11.5 Å². The Balaban J connectivity index is 1.92. The minimum Gasteiger partial charge on any atom is -0.448 e. The summed E-state index contributed by atoms with van der Waals surface area (Å²) in [5.41, 5.74) is -0.685. The lowest BCUT2D eigenvalue weighted by Gasteiger charge is -2.23. The van der Waals surface area contributed by atoms with Crippen molar-refractivity contribution in [3.63, 3.8) is 0 Å². The number of hydrogen-bond acceptors (Lipinski definition) is 5. The summed E-state index contributed by atoms with van der Waals surface area (Å²) in [6.45, 7) is 5.39. The van der Waals surface area contributed by atoms with Crippen LogP contribution >= 0.6 is 0 Å². The summed E-state index contributed by atoms with van der Waals surface area (Å²) in [6.07, 6.45) is 2.09. The van der Waals surface area contributed by atoms with E-state index in [1.807, 2.05) is 6.92 Å². The molecule has 1 aromatic carbocycles. The first-order valence-corrected chi connectivity index (χ1v) is 9.15. The molecule has 3 rings (SSSR count). The van der Waals surface area contributed by atoms with Crippen LogP contribution in [-0.4, -0.2) is 26.3 Å². The number of anilines is 1. The van der Waals surface area contributed by atoms with Crippen molar-refractivity contribution in [3.05, 3.63) is 58.5 Å². The number of pyridine rings is 2. The predicted octanol–water partition coefficient (Wildman–Crippen LogP) is 3.97. The molecule has 2 aromatic heterocycles. The van der Waals surface area contributed by atoms with E-state index in [-0.39, 0.29) is 17.5 Å². The van der Waals surface area contributed by atoms with Gasteiger partial charge in [-0.25, -0.2) is 13.8 Å². The number of fused-ring (bicyclic) bond motifs is 1. The smallest absolute Gasteiger partial charge is 0.293 e.